The highest BCUT2D eigenvalue weighted by atomic mass is 19.1. The maximum atomic E-state index is 13.4. The van der Waals surface area contributed by atoms with Gasteiger partial charge in [-0.2, -0.15) is 0 Å². The number of nitro groups is 1. The molecule has 8 heteroatoms. The summed E-state index contributed by atoms with van der Waals surface area (Å²) in [6.45, 7) is 0.175. The quantitative estimate of drug-likeness (QED) is 0.450. The molecule has 0 fully saturated rings. The van der Waals surface area contributed by atoms with E-state index < -0.39 is 28.2 Å². The van der Waals surface area contributed by atoms with E-state index in [2.05, 4.69) is 5.32 Å². The number of halogens is 1. The molecule has 0 saturated heterocycles. The second-order valence-corrected chi connectivity index (χ2v) is 4.03. The van der Waals surface area contributed by atoms with Crippen molar-refractivity contribution in [2.75, 3.05) is 6.54 Å². The minimum Gasteiger partial charge on any atom is -0.481 e. The Morgan fingerprint density at radius 2 is 2.05 bits per heavy atom. The molecule has 108 valence electrons. The summed E-state index contributed by atoms with van der Waals surface area (Å²) >= 11 is 0. The number of carbonyl (C=O) groups excluding carboxylic acids is 1. The van der Waals surface area contributed by atoms with Crippen molar-refractivity contribution in [1.82, 2.24) is 5.32 Å². The van der Waals surface area contributed by atoms with Crippen LogP contribution in [-0.2, 0) is 4.79 Å². The monoisotopic (exact) mass is 284 g/mol. The van der Waals surface area contributed by atoms with Crippen molar-refractivity contribution in [3.05, 3.63) is 39.7 Å². The molecule has 1 aromatic rings. The zero-order valence-electron chi connectivity index (χ0n) is 10.5. The third kappa shape index (κ3) is 4.63. The molecule has 1 rings (SSSR count). The van der Waals surface area contributed by atoms with Crippen molar-refractivity contribution in [2.24, 2.45) is 0 Å². The molecule has 0 spiro atoms. The third-order valence-electron chi connectivity index (χ3n) is 2.51. The molecule has 0 aliphatic carbocycles. The van der Waals surface area contributed by atoms with Crippen LogP contribution in [0, 0.1) is 15.9 Å². The molecule has 1 aromatic carbocycles. The van der Waals surface area contributed by atoms with Crippen LogP contribution in [0.15, 0.2) is 18.2 Å². The first-order valence-electron chi connectivity index (χ1n) is 5.85. The number of hydrogen-bond donors (Lipinski definition) is 2. The summed E-state index contributed by atoms with van der Waals surface area (Å²) in [5.41, 5.74) is -0.778. The van der Waals surface area contributed by atoms with Gasteiger partial charge in [-0.15, -0.1) is 0 Å². The lowest BCUT2D eigenvalue weighted by molar-refractivity contribution is -0.384. The second-order valence-electron chi connectivity index (χ2n) is 4.03. The van der Waals surface area contributed by atoms with E-state index in [-0.39, 0.29) is 18.7 Å². The molecule has 0 unspecified atom stereocenters. The first-order valence-corrected chi connectivity index (χ1v) is 5.85. The van der Waals surface area contributed by atoms with Crippen LogP contribution >= 0.6 is 0 Å². The Balaban J connectivity index is 2.57. The number of aliphatic carboxylic acids is 1. The first kappa shape index (κ1) is 15.5. The molecule has 1 amide bonds. The van der Waals surface area contributed by atoms with Gasteiger partial charge in [-0.25, -0.2) is 4.39 Å². The maximum Gasteiger partial charge on any atom is 0.303 e. The molecule has 0 heterocycles. The van der Waals surface area contributed by atoms with Crippen LogP contribution < -0.4 is 5.32 Å². The Morgan fingerprint density at radius 1 is 1.35 bits per heavy atom. The predicted octanol–water partition coefficient (Wildman–Crippen LogP) is 1.72. The van der Waals surface area contributed by atoms with E-state index in [1.165, 1.54) is 0 Å². The van der Waals surface area contributed by atoms with Crippen molar-refractivity contribution in [3.63, 3.8) is 0 Å². The molecule has 0 aliphatic rings. The lowest BCUT2D eigenvalue weighted by atomic mass is 10.1. The highest BCUT2D eigenvalue weighted by Crippen LogP contribution is 2.16. The average molecular weight is 284 g/mol. The van der Waals surface area contributed by atoms with Crippen LogP contribution in [0.3, 0.4) is 0 Å². The van der Waals surface area contributed by atoms with E-state index in [4.69, 9.17) is 5.11 Å². The molecular weight excluding hydrogens is 271 g/mol. The number of carbonyl (C=O) groups is 2. The molecule has 0 atom stereocenters. The topological polar surface area (TPSA) is 110 Å². The molecule has 7 nitrogen and oxygen atoms in total. The van der Waals surface area contributed by atoms with Gasteiger partial charge in [-0.1, -0.05) is 0 Å². The number of unbranched alkanes of at least 4 members (excludes halogenated alkanes) is 1. The fraction of sp³-hybridized carbons (Fsp3) is 0.333. The number of carboxylic acids is 1. The van der Waals surface area contributed by atoms with Crippen molar-refractivity contribution in [3.8, 4) is 0 Å². The Morgan fingerprint density at radius 3 is 2.65 bits per heavy atom. The van der Waals surface area contributed by atoms with Gasteiger partial charge in [-0.05, 0) is 18.9 Å². The highest BCUT2D eigenvalue weighted by Gasteiger charge is 2.16. The zero-order valence-corrected chi connectivity index (χ0v) is 10.5. The van der Waals surface area contributed by atoms with Crippen molar-refractivity contribution in [2.45, 2.75) is 19.3 Å². The van der Waals surface area contributed by atoms with Gasteiger partial charge < -0.3 is 10.4 Å². The summed E-state index contributed by atoms with van der Waals surface area (Å²) in [4.78, 5) is 31.7. The lowest BCUT2D eigenvalue weighted by Gasteiger charge is -2.05. The summed E-state index contributed by atoms with van der Waals surface area (Å²) in [7, 11) is 0. The van der Waals surface area contributed by atoms with Crippen LogP contribution in [0.1, 0.15) is 29.6 Å². The summed E-state index contributed by atoms with van der Waals surface area (Å²) in [5.74, 6) is -2.54. The molecule has 0 radical (unpaired) electrons. The Hall–Kier alpha value is -2.51. The minimum atomic E-state index is -0.930. The number of nitrogens with one attached hydrogen (secondary N) is 1. The fourth-order valence-electron chi connectivity index (χ4n) is 1.50. The fourth-order valence-corrected chi connectivity index (χ4v) is 1.50. The Kier molecular flexibility index (Phi) is 5.57. The van der Waals surface area contributed by atoms with Gasteiger partial charge in [-0.3, -0.25) is 19.7 Å². The van der Waals surface area contributed by atoms with Crippen LogP contribution in [0.2, 0.25) is 0 Å². The first-order chi connectivity index (χ1) is 9.41. The van der Waals surface area contributed by atoms with Gasteiger partial charge in [0.25, 0.3) is 11.6 Å². The van der Waals surface area contributed by atoms with Crippen molar-refractivity contribution < 1.29 is 24.0 Å². The van der Waals surface area contributed by atoms with Gasteiger partial charge in [0.1, 0.15) is 5.82 Å². The van der Waals surface area contributed by atoms with E-state index in [0.717, 1.165) is 18.2 Å². The summed E-state index contributed by atoms with van der Waals surface area (Å²) in [5, 5.41) is 21.3. The average Bonchev–Trinajstić information content (AvgIpc) is 2.37. The summed E-state index contributed by atoms with van der Waals surface area (Å²) in [6.07, 6.45) is 0.794. The summed E-state index contributed by atoms with van der Waals surface area (Å²) < 4.78 is 13.4. The molecule has 2 N–H and O–H groups in total. The number of nitrogens with zero attached hydrogens (tertiary/aromatic N) is 1. The van der Waals surface area contributed by atoms with Crippen LogP contribution in [0.5, 0.6) is 0 Å². The predicted molar refractivity (Wildman–Crippen MR) is 66.9 cm³/mol. The van der Waals surface area contributed by atoms with E-state index in [1.54, 1.807) is 0 Å². The number of rotatable bonds is 7. The maximum absolute atomic E-state index is 13.4. The van der Waals surface area contributed by atoms with Crippen molar-refractivity contribution >= 4 is 17.6 Å². The lowest BCUT2D eigenvalue weighted by Crippen LogP contribution is -2.25. The number of amides is 1. The van der Waals surface area contributed by atoms with Gasteiger partial charge in [0.2, 0.25) is 0 Å². The van der Waals surface area contributed by atoms with Gasteiger partial charge in [0.05, 0.1) is 10.5 Å². The van der Waals surface area contributed by atoms with Crippen LogP contribution in [-0.4, -0.2) is 28.5 Å². The van der Waals surface area contributed by atoms with Gasteiger partial charge in [0, 0.05) is 25.1 Å². The molecular formula is C12H13FN2O5. The number of non-ortho nitro benzene ring substituents is 1. The SMILES string of the molecule is O=C(O)CCCCNC(=O)c1cc([N+](=O)[O-])ccc1F. The normalized spacial score (nSPS) is 10.1. The molecule has 0 aliphatic heterocycles. The highest BCUT2D eigenvalue weighted by molar-refractivity contribution is 5.95. The second kappa shape index (κ2) is 7.17. The number of nitro benzene ring substituents is 1. The Labute approximate surface area is 113 Å². The summed E-state index contributed by atoms with van der Waals surface area (Å²) in [6, 6.07) is 2.69. The van der Waals surface area contributed by atoms with E-state index >= 15 is 0 Å². The largest absolute Gasteiger partial charge is 0.481 e. The standard InChI is InChI=1S/C12H13FN2O5/c13-10-5-4-8(15(19)20)7-9(10)12(18)14-6-2-1-3-11(16)17/h4-5,7H,1-3,6H2,(H,14,18)(H,16,17). The molecule has 0 bridgehead atoms. The molecule has 0 saturated carbocycles. The van der Waals surface area contributed by atoms with Crippen molar-refractivity contribution in [1.29, 1.82) is 0 Å². The number of carboxylic acid groups (broad SMARTS) is 1. The number of benzene rings is 1. The zero-order chi connectivity index (χ0) is 15.1. The van der Waals surface area contributed by atoms with E-state index in [9.17, 15) is 24.1 Å². The molecule has 20 heavy (non-hydrogen) atoms. The third-order valence-corrected chi connectivity index (χ3v) is 2.51. The van der Waals surface area contributed by atoms with E-state index in [1.807, 2.05) is 0 Å². The minimum absolute atomic E-state index is 0.0129. The Bertz CT molecular complexity index is 533. The van der Waals surface area contributed by atoms with Crippen LogP contribution in [0.4, 0.5) is 10.1 Å². The van der Waals surface area contributed by atoms with Crippen LogP contribution in [0.25, 0.3) is 0 Å². The van der Waals surface area contributed by atoms with Gasteiger partial charge in [0.15, 0.2) is 0 Å². The molecule has 0 aromatic heterocycles. The van der Waals surface area contributed by atoms with Gasteiger partial charge >= 0.3 is 5.97 Å². The van der Waals surface area contributed by atoms with E-state index in [0.29, 0.717) is 12.8 Å². The number of hydrogen-bond acceptors (Lipinski definition) is 4. The smallest absolute Gasteiger partial charge is 0.303 e.